The molecule has 1 heterocycles. The molecule has 1 aromatic carbocycles. The van der Waals surface area contributed by atoms with Crippen LogP contribution in [0.2, 0.25) is 0 Å². The summed E-state index contributed by atoms with van der Waals surface area (Å²) in [4.78, 5) is 24.7. The van der Waals surface area contributed by atoms with Crippen LogP contribution in [-0.2, 0) is 16.0 Å². The van der Waals surface area contributed by atoms with E-state index in [0.717, 1.165) is 12.2 Å². The van der Waals surface area contributed by atoms with Gasteiger partial charge in [0.05, 0.1) is 13.2 Å². The van der Waals surface area contributed by atoms with E-state index in [9.17, 15) is 9.59 Å². The monoisotopic (exact) mass is 276 g/mol. The van der Waals surface area contributed by atoms with Crippen molar-refractivity contribution in [2.45, 2.75) is 25.8 Å². The smallest absolute Gasteiger partial charge is 0.224 e. The third kappa shape index (κ3) is 3.73. The minimum absolute atomic E-state index is 0.0455. The molecule has 1 saturated heterocycles. The van der Waals surface area contributed by atoms with Crippen LogP contribution in [-0.4, -0.2) is 43.0 Å². The third-order valence-electron chi connectivity index (χ3n) is 3.45. The molecule has 5 heteroatoms. The Kier molecular flexibility index (Phi) is 4.61. The Morgan fingerprint density at radius 1 is 1.40 bits per heavy atom. The first kappa shape index (κ1) is 14.4. The first-order chi connectivity index (χ1) is 9.58. The molecular formula is C15H20N2O3. The van der Waals surface area contributed by atoms with E-state index in [1.807, 2.05) is 29.2 Å². The van der Waals surface area contributed by atoms with Gasteiger partial charge in [-0.05, 0) is 24.1 Å². The molecule has 1 aliphatic heterocycles. The van der Waals surface area contributed by atoms with Crippen molar-refractivity contribution in [1.82, 2.24) is 10.2 Å². The molecule has 1 N–H and O–H groups in total. The second kappa shape index (κ2) is 6.41. The van der Waals surface area contributed by atoms with Crippen LogP contribution in [0.5, 0.6) is 5.75 Å². The van der Waals surface area contributed by atoms with Crippen molar-refractivity contribution in [3.63, 3.8) is 0 Å². The van der Waals surface area contributed by atoms with E-state index in [1.165, 1.54) is 12.5 Å². The number of methoxy groups -OCH3 is 1. The van der Waals surface area contributed by atoms with Crippen molar-refractivity contribution in [2.75, 3.05) is 20.2 Å². The van der Waals surface area contributed by atoms with Gasteiger partial charge in [0.2, 0.25) is 11.8 Å². The minimum Gasteiger partial charge on any atom is -0.497 e. The van der Waals surface area contributed by atoms with Crippen LogP contribution in [0.1, 0.15) is 18.9 Å². The summed E-state index contributed by atoms with van der Waals surface area (Å²) in [5.74, 6) is 0.855. The quantitative estimate of drug-likeness (QED) is 0.872. The molecule has 0 radical (unpaired) electrons. The molecule has 1 aromatic rings. The highest BCUT2D eigenvalue weighted by Crippen LogP contribution is 2.15. The predicted octanol–water partition coefficient (Wildman–Crippen LogP) is 0.975. The second-order valence-electron chi connectivity index (χ2n) is 5.04. The molecule has 2 rings (SSSR count). The van der Waals surface area contributed by atoms with Crippen molar-refractivity contribution in [3.8, 4) is 5.75 Å². The molecule has 0 bridgehead atoms. The Bertz CT molecular complexity index is 484. The molecular weight excluding hydrogens is 256 g/mol. The molecule has 0 aromatic heterocycles. The maximum Gasteiger partial charge on any atom is 0.224 e. The lowest BCUT2D eigenvalue weighted by molar-refractivity contribution is -0.127. The summed E-state index contributed by atoms with van der Waals surface area (Å²) in [6.07, 6.45) is 1.21. The van der Waals surface area contributed by atoms with Gasteiger partial charge >= 0.3 is 0 Å². The van der Waals surface area contributed by atoms with Crippen LogP contribution < -0.4 is 10.1 Å². The van der Waals surface area contributed by atoms with Gasteiger partial charge in [-0.3, -0.25) is 9.59 Å². The molecule has 0 saturated carbocycles. The van der Waals surface area contributed by atoms with Crippen molar-refractivity contribution in [1.29, 1.82) is 0 Å². The van der Waals surface area contributed by atoms with E-state index >= 15 is 0 Å². The Labute approximate surface area is 118 Å². The fourth-order valence-corrected chi connectivity index (χ4v) is 2.43. The van der Waals surface area contributed by atoms with Crippen LogP contribution in [0.4, 0.5) is 0 Å². The standard InChI is InChI=1S/C15H20N2O3/c1-11(18)16-13-9-15(19)17(10-13)8-7-12-3-5-14(20-2)6-4-12/h3-6,13H,7-10H2,1-2H3,(H,16,18)/t13-/m0/s1. The lowest BCUT2D eigenvalue weighted by Crippen LogP contribution is -2.36. The molecule has 20 heavy (non-hydrogen) atoms. The first-order valence-corrected chi connectivity index (χ1v) is 6.76. The number of carbonyl (C=O) groups is 2. The Morgan fingerprint density at radius 2 is 2.10 bits per heavy atom. The van der Waals surface area contributed by atoms with Gasteiger partial charge in [0.1, 0.15) is 5.75 Å². The Morgan fingerprint density at radius 3 is 2.70 bits per heavy atom. The van der Waals surface area contributed by atoms with Crippen LogP contribution in [0.15, 0.2) is 24.3 Å². The van der Waals surface area contributed by atoms with Crippen LogP contribution >= 0.6 is 0 Å². The van der Waals surface area contributed by atoms with Crippen LogP contribution in [0.25, 0.3) is 0 Å². The van der Waals surface area contributed by atoms with E-state index in [0.29, 0.717) is 19.5 Å². The molecule has 2 amide bonds. The third-order valence-corrected chi connectivity index (χ3v) is 3.45. The van der Waals surface area contributed by atoms with Gasteiger partial charge in [-0.1, -0.05) is 12.1 Å². The number of ether oxygens (including phenoxy) is 1. The van der Waals surface area contributed by atoms with Gasteiger partial charge in [-0.2, -0.15) is 0 Å². The fourth-order valence-electron chi connectivity index (χ4n) is 2.43. The van der Waals surface area contributed by atoms with Gasteiger partial charge < -0.3 is 15.0 Å². The van der Waals surface area contributed by atoms with Crippen molar-refractivity contribution < 1.29 is 14.3 Å². The van der Waals surface area contributed by atoms with Crippen molar-refractivity contribution in [3.05, 3.63) is 29.8 Å². The lowest BCUT2D eigenvalue weighted by atomic mass is 10.1. The highest BCUT2D eigenvalue weighted by atomic mass is 16.5. The van der Waals surface area contributed by atoms with E-state index in [-0.39, 0.29) is 17.9 Å². The number of rotatable bonds is 5. The lowest BCUT2D eigenvalue weighted by Gasteiger charge is -2.16. The summed E-state index contributed by atoms with van der Waals surface area (Å²) in [6.45, 7) is 2.76. The average molecular weight is 276 g/mol. The Hall–Kier alpha value is -2.04. The van der Waals surface area contributed by atoms with Gasteiger partial charge in [0.15, 0.2) is 0 Å². The van der Waals surface area contributed by atoms with Crippen molar-refractivity contribution in [2.24, 2.45) is 0 Å². The fraction of sp³-hybridized carbons (Fsp3) is 0.467. The predicted molar refractivity (Wildman–Crippen MR) is 75.5 cm³/mol. The van der Waals surface area contributed by atoms with Gasteiger partial charge in [0, 0.05) is 26.4 Å². The highest BCUT2D eigenvalue weighted by Gasteiger charge is 2.29. The van der Waals surface area contributed by atoms with Gasteiger partial charge in [-0.15, -0.1) is 0 Å². The number of carbonyl (C=O) groups excluding carboxylic acids is 2. The molecule has 0 spiro atoms. The van der Waals surface area contributed by atoms with Crippen LogP contribution in [0.3, 0.4) is 0 Å². The molecule has 1 aliphatic rings. The second-order valence-corrected chi connectivity index (χ2v) is 5.04. The number of nitrogens with zero attached hydrogens (tertiary/aromatic N) is 1. The first-order valence-electron chi connectivity index (χ1n) is 6.76. The topological polar surface area (TPSA) is 58.6 Å². The summed E-state index contributed by atoms with van der Waals surface area (Å²) >= 11 is 0. The molecule has 0 unspecified atom stereocenters. The summed E-state index contributed by atoms with van der Waals surface area (Å²) in [6, 6.07) is 7.80. The molecule has 1 atom stereocenters. The number of hydrogen-bond acceptors (Lipinski definition) is 3. The molecule has 5 nitrogen and oxygen atoms in total. The number of likely N-dealkylation sites (tertiary alicyclic amines) is 1. The zero-order valence-corrected chi connectivity index (χ0v) is 11.9. The zero-order chi connectivity index (χ0) is 14.5. The molecule has 0 aliphatic carbocycles. The minimum atomic E-state index is -0.0835. The normalized spacial score (nSPS) is 18.2. The number of nitrogens with one attached hydrogen (secondary N) is 1. The van der Waals surface area contributed by atoms with E-state index in [1.54, 1.807) is 7.11 Å². The summed E-state index contributed by atoms with van der Waals surface area (Å²) in [5.41, 5.74) is 1.17. The molecule has 1 fully saturated rings. The van der Waals surface area contributed by atoms with Gasteiger partial charge in [-0.25, -0.2) is 0 Å². The van der Waals surface area contributed by atoms with Crippen LogP contribution in [0, 0.1) is 0 Å². The largest absolute Gasteiger partial charge is 0.497 e. The SMILES string of the molecule is COc1ccc(CCN2C[C@@H](NC(C)=O)CC2=O)cc1. The average Bonchev–Trinajstić information content (AvgIpc) is 2.76. The highest BCUT2D eigenvalue weighted by molar-refractivity contribution is 5.81. The summed E-state index contributed by atoms with van der Waals surface area (Å²) < 4.78 is 5.11. The summed E-state index contributed by atoms with van der Waals surface area (Å²) in [5, 5.41) is 2.80. The van der Waals surface area contributed by atoms with E-state index in [4.69, 9.17) is 4.74 Å². The number of benzene rings is 1. The molecule has 108 valence electrons. The number of hydrogen-bond donors (Lipinski definition) is 1. The Balaban J connectivity index is 1.84. The maximum absolute atomic E-state index is 11.8. The van der Waals surface area contributed by atoms with Crippen molar-refractivity contribution >= 4 is 11.8 Å². The van der Waals surface area contributed by atoms with E-state index in [2.05, 4.69) is 5.32 Å². The maximum atomic E-state index is 11.8. The van der Waals surface area contributed by atoms with Gasteiger partial charge in [0.25, 0.3) is 0 Å². The zero-order valence-electron chi connectivity index (χ0n) is 11.9. The number of amides is 2. The summed E-state index contributed by atoms with van der Waals surface area (Å²) in [7, 11) is 1.64. The van der Waals surface area contributed by atoms with E-state index < -0.39 is 0 Å².